The lowest BCUT2D eigenvalue weighted by atomic mass is 10.0. The van der Waals surface area contributed by atoms with Crippen LogP contribution >= 0.6 is 0 Å². The van der Waals surface area contributed by atoms with Gasteiger partial charge in [-0.3, -0.25) is 24.1 Å². The van der Waals surface area contributed by atoms with E-state index in [1.165, 1.54) is 6.08 Å². The molecule has 0 spiro atoms. The van der Waals surface area contributed by atoms with Gasteiger partial charge in [0.1, 0.15) is 11.2 Å². The zero-order valence-electron chi connectivity index (χ0n) is 21.9. The minimum atomic E-state index is -0.261. The van der Waals surface area contributed by atoms with E-state index in [1.54, 1.807) is 41.5 Å². The maximum Gasteiger partial charge on any atom is 0.278 e. The highest BCUT2D eigenvalue weighted by Gasteiger charge is 2.15. The molecule has 0 bridgehead atoms. The zero-order valence-corrected chi connectivity index (χ0v) is 21.9. The van der Waals surface area contributed by atoms with Gasteiger partial charge in [-0.1, -0.05) is 36.4 Å². The van der Waals surface area contributed by atoms with Crippen molar-refractivity contribution in [1.29, 1.82) is 0 Å². The van der Waals surface area contributed by atoms with Gasteiger partial charge in [0, 0.05) is 43.0 Å². The van der Waals surface area contributed by atoms with Crippen molar-refractivity contribution >= 4 is 28.8 Å². The number of anilines is 1. The smallest absolute Gasteiger partial charge is 0.278 e. The van der Waals surface area contributed by atoms with Crippen LogP contribution in [0.25, 0.3) is 34.1 Å². The second-order valence-corrected chi connectivity index (χ2v) is 9.29. The second-order valence-electron chi connectivity index (χ2n) is 9.29. The van der Waals surface area contributed by atoms with Gasteiger partial charge in [0.25, 0.3) is 5.56 Å². The third-order valence-corrected chi connectivity index (χ3v) is 6.44. The van der Waals surface area contributed by atoms with Crippen molar-refractivity contribution in [1.82, 2.24) is 24.5 Å². The SMILES string of the molecule is O=C(/C=C/c1ccccn1)Nc1cccc(-c2cccc(-n3c(=O)c(Cc4cccnc4)nc4cccnc43)c2)c1. The minimum Gasteiger partial charge on any atom is -0.322 e. The first-order valence-corrected chi connectivity index (χ1v) is 13.0. The minimum absolute atomic E-state index is 0.238. The fourth-order valence-electron chi connectivity index (χ4n) is 4.54. The van der Waals surface area contributed by atoms with Crippen LogP contribution in [0.15, 0.2) is 127 Å². The van der Waals surface area contributed by atoms with E-state index in [1.807, 2.05) is 84.9 Å². The highest BCUT2D eigenvalue weighted by molar-refractivity contribution is 6.02. The van der Waals surface area contributed by atoms with Crippen LogP contribution in [0.2, 0.25) is 0 Å². The van der Waals surface area contributed by atoms with Crippen LogP contribution in [0.4, 0.5) is 5.69 Å². The van der Waals surface area contributed by atoms with Crippen molar-refractivity contribution in [3.63, 3.8) is 0 Å². The topological polar surface area (TPSA) is 103 Å². The van der Waals surface area contributed by atoms with E-state index in [2.05, 4.69) is 25.3 Å². The predicted molar refractivity (Wildman–Crippen MR) is 160 cm³/mol. The molecule has 0 atom stereocenters. The number of amides is 1. The molecule has 2 aromatic carbocycles. The largest absolute Gasteiger partial charge is 0.322 e. The first-order valence-electron chi connectivity index (χ1n) is 13.0. The van der Waals surface area contributed by atoms with Crippen LogP contribution in [-0.4, -0.2) is 30.4 Å². The van der Waals surface area contributed by atoms with Gasteiger partial charge in [-0.25, -0.2) is 9.97 Å². The number of nitrogens with one attached hydrogen (secondary N) is 1. The number of rotatable bonds is 7. The molecule has 1 amide bonds. The number of benzene rings is 2. The van der Waals surface area contributed by atoms with E-state index in [-0.39, 0.29) is 11.5 Å². The van der Waals surface area contributed by atoms with Crippen molar-refractivity contribution in [3.05, 3.63) is 149 Å². The molecule has 1 N–H and O–H groups in total. The van der Waals surface area contributed by atoms with Gasteiger partial charge in [-0.2, -0.15) is 0 Å². The Balaban J connectivity index is 1.33. The van der Waals surface area contributed by atoms with Crippen LogP contribution in [-0.2, 0) is 11.2 Å². The molecular weight excluding hydrogens is 512 g/mol. The lowest BCUT2D eigenvalue weighted by Gasteiger charge is -2.13. The third-order valence-electron chi connectivity index (χ3n) is 6.44. The Hall–Kier alpha value is -5.76. The molecule has 0 aliphatic rings. The van der Waals surface area contributed by atoms with Crippen LogP contribution in [0.3, 0.4) is 0 Å². The molecule has 6 aromatic rings. The lowest BCUT2D eigenvalue weighted by molar-refractivity contribution is -0.111. The molecular formula is C33H24N6O2. The predicted octanol–water partition coefficient (Wildman–Crippen LogP) is 5.48. The average molecular weight is 537 g/mol. The number of hydrogen-bond acceptors (Lipinski definition) is 6. The summed E-state index contributed by atoms with van der Waals surface area (Å²) >= 11 is 0. The number of aromatic nitrogens is 5. The molecule has 8 heteroatoms. The average Bonchev–Trinajstić information content (AvgIpc) is 3.02. The Morgan fingerprint density at radius 3 is 2.49 bits per heavy atom. The van der Waals surface area contributed by atoms with Gasteiger partial charge in [0.15, 0.2) is 5.65 Å². The van der Waals surface area contributed by atoms with E-state index in [0.717, 1.165) is 16.7 Å². The van der Waals surface area contributed by atoms with Gasteiger partial charge in [0.2, 0.25) is 5.91 Å². The summed E-state index contributed by atoms with van der Waals surface area (Å²) in [5.74, 6) is -0.261. The Morgan fingerprint density at radius 2 is 1.66 bits per heavy atom. The highest BCUT2D eigenvalue weighted by Crippen LogP contribution is 2.26. The second kappa shape index (κ2) is 11.5. The molecule has 6 rings (SSSR count). The number of carbonyl (C=O) groups is 1. The first-order chi connectivity index (χ1) is 20.1. The molecule has 4 heterocycles. The number of pyridine rings is 3. The van der Waals surface area contributed by atoms with Crippen molar-refractivity contribution in [2.75, 3.05) is 5.32 Å². The molecule has 0 radical (unpaired) electrons. The lowest BCUT2D eigenvalue weighted by Crippen LogP contribution is -2.25. The quantitative estimate of drug-likeness (QED) is 0.271. The molecule has 0 aliphatic carbocycles. The first kappa shape index (κ1) is 25.5. The molecule has 0 saturated heterocycles. The van der Waals surface area contributed by atoms with Crippen molar-refractivity contribution in [3.8, 4) is 16.8 Å². The summed E-state index contributed by atoms with van der Waals surface area (Å²) in [4.78, 5) is 43.8. The van der Waals surface area contributed by atoms with Crippen molar-refractivity contribution < 1.29 is 4.79 Å². The van der Waals surface area contributed by atoms with Crippen LogP contribution < -0.4 is 10.9 Å². The zero-order chi connectivity index (χ0) is 28.0. The third kappa shape index (κ3) is 5.81. The number of carbonyl (C=O) groups excluding carboxylic acids is 1. The summed E-state index contributed by atoms with van der Waals surface area (Å²) in [5, 5.41) is 2.90. The Kier molecular flexibility index (Phi) is 7.19. The maximum absolute atomic E-state index is 13.8. The summed E-state index contributed by atoms with van der Waals surface area (Å²) < 4.78 is 1.60. The van der Waals surface area contributed by atoms with Crippen molar-refractivity contribution in [2.45, 2.75) is 6.42 Å². The van der Waals surface area contributed by atoms with E-state index in [9.17, 15) is 9.59 Å². The molecule has 198 valence electrons. The van der Waals surface area contributed by atoms with Gasteiger partial charge >= 0.3 is 0 Å². The molecule has 0 unspecified atom stereocenters. The molecule has 0 fully saturated rings. The normalized spacial score (nSPS) is 11.1. The van der Waals surface area contributed by atoms with Gasteiger partial charge in [0.05, 0.1) is 11.4 Å². The summed E-state index contributed by atoms with van der Waals surface area (Å²) in [6.07, 6.45) is 10.2. The van der Waals surface area contributed by atoms with Gasteiger partial charge in [-0.05, 0) is 77.4 Å². The van der Waals surface area contributed by atoms with Crippen LogP contribution in [0.5, 0.6) is 0 Å². The maximum atomic E-state index is 13.8. The number of hydrogen-bond donors (Lipinski definition) is 1. The fourth-order valence-corrected chi connectivity index (χ4v) is 4.54. The van der Waals surface area contributed by atoms with Crippen LogP contribution in [0.1, 0.15) is 17.0 Å². The van der Waals surface area contributed by atoms with E-state index >= 15 is 0 Å². The Morgan fingerprint density at radius 1 is 0.829 bits per heavy atom. The van der Waals surface area contributed by atoms with Gasteiger partial charge in [-0.15, -0.1) is 0 Å². The molecule has 0 saturated carbocycles. The number of nitrogens with zero attached hydrogens (tertiary/aromatic N) is 5. The van der Waals surface area contributed by atoms with E-state index in [4.69, 9.17) is 0 Å². The molecule has 41 heavy (non-hydrogen) atoms. The fraction of sp³-hybridized carbons (Fsp3) is 0.0303. The molecule has 8 nitrogen and oxygen atoms in total. The van der Waals surface area contributed by atoms with Gasteiger partial charge < -0.3 is 5.32 Å². The van der Waals surface area contributed by atoms with E-state index < -0.39 is 0 Å². The Labute approximate surface area is 235 Å². The highest BCUT2D eigenvalue weighted by atomic mass is 16.1. The monoisotopic (exact) mass is 536 g/mol. The van der Waals surface area contributed by atoms with E-state index in [0.29, 0.717) is 40.3 Å². The number of fused-ring (bicyclic) bond motifs is 1. The molecule has 4 aromatic heterocycles. The Bertz CT molecular complexity index is 1940. The molecule has 0 aliphatic heterocycles. The summed E-state index contributed by atoms with van der Waals surface area (Å²) in [5.41, 5.74) is 5.95. The van der Waals surface area contributed by atoms with Crippen molar-refractivity contribution in [2.24, 2.45) is 0 Å². The summed E-state index contributed by atoms with van der Waals surface area (Å²) in [7, 11) is 0. The summed E-state index contributed by atoms with van der Waals surface area (Å²) in [6.45, 7) is 0. The standard InChI is InChI=1S/C33H24N6O2/c40-31(15-14-26-10-1-2-17-35-26)37-27-11-3-8-24(20-27)25-9-4-12-28(21-25)39-32-29(13-6-18-36-32)38-30(33(39)41)19-23-7-5-16-34-22-23/h1-18,20-22H,19H2,(H,37,40)/b15-14+. The van der Waals surface area contributed by atoms with Crippen LogP contribution in [0, 0.1) is 0 Å². The summed E-state index contributed by atoms with van der Waals surface area (Å²) in [6, 6.07) is 28.2.